The smallest absolute Gasteiger partial charge is 0.0701 e. The number of rotatable bonds is 3. The molecule has 1 aromatic carbocycles. The molecular formula is C14H21NO. The van der Waals surface area contributed by atoms with Gasteiger partial charge in [0.05, 0.1) is 6.61 Å². The molecule has 1 fully saturated rings. The van der Waals surface area contributed by atoms with Crippen LogP contribution in [0.25, 0.3) is 0 Å². The lowest BCUT2D eigenvalue weighted by Crippen LogP contribution is -2.19. The summed E-state index contributed by atoms with van der Waals surface area (Å²) in [7, 11) is 0. The molecule has 1 aromatic rings. The third-order valence-electron chi connectivity index (χ3n) is 3.40. The van der Waals surface area contributed by atoms with Crippen LogP contribution in [0.2, 0.25) is 0 Å². The lowest BCUT2D eigenvalue weighted by atomic mass is 10.1. The SMILES string of the molecule is OCc1ccccc1NC1CCCCCC1. The molecule has 0 bridgehead atoms. The molecular weight excluding hydrogens is 198 g/mol. The number of benzene rings is 1. The predicted molar refractivity (Wildman–Crippen MR) is 67.5 cm³/mol. The molecule has 16 heavy (non-hydrogen) atoms. The summed E-state index contributed by atoms with van der Waals surface area (Å²) in [6.07, 6.45) is 7.94. The Kier molecular flexibility index (Phi) is 4.23. The Balaban J connectivity index is 2.01. The minimum Gasteiger partial charge on any atom is -0.392 e. The Morgan fingerprint density at radius 1 is 1.06 bits per heavy atom. The number of hydrogen-bond acceptors (Lipinski definition) is 2. The molecule has 2 nitrogen and oxygen atoms in total. The molecule has 1 saturated carbocycles. The maximum absolute atomic E-state index is 9.26. The molecule has 0 atom stereocenters. The van der Waals surface area contributed by atoms with Gasteiger partial charge in [0.2, 0.25) is 0 Å². The molecule has 0 radical (unpaired) electrons. The minimum absolute atomic E-state index is 0.121. The van der Waals surface area contributed by atoms with Gasteiger partial charge in [0, 0.05) is 17.3 Å². The van der Waals surface area contributed by atoms with E-state index >= 15 is 0 Å². The fourth-order valence-electron chi connectivity index (χ4n) is 2.44. The number of para-hydroxylation sites is 1. The van der Waals surface area contributed by atoms with E-state index in [9.17, 15) is 5.11 Å². The van der Waals surface area contributed by atoms with Crippen molar-refractivity contribution in [2.45, 2.75) is 51.2 Å². The fourth-order valence-corrected chi connectivity index (χ4v) is 2.44. The maximum atomic E-state index is 9.26. The van der Waals surface area contributed by atoms with Gasteiger partial charge in [0.1, 0.15) is 0 Å². The summed E-state index contributed by atoms with van der Waals surface area (Å²) in [6.45, 7) is 0.121. The van der Waals surface area contributed by atoms with Crippen molar-refractivity contribution in [1.29, 1.82) is 0 Å². The Morgan fingerprint density at radius 2 is 1.75 bits per heavy atom. The summed E-state index contributed by atoms with van der Waals surface area (Å²) in [6, 6.07) is 8.65. The first-order valence-corrected chi connectivity index (χ1v) is 6.35. The second kappa shape index (κ2) is 5.90. The molecule has 0 unspecified atom stereocenters. The van der Waals surface area contributed by atoms with Gasteiger partial charge in [-0.2, -0.15) is 0 Å². The van der Waals surface area contributed by atoms with Crippen molar-refractivity contribution in [2.75, 3.05) is 5.32 Å². The van der Waals surface area contributed by atoms with Crippen molar-refractivity contribution < 1.29 is 5.11 Å². The topological polar surface area (TPSA) is 32.3 Å². The molecule has 1 aliphatic carbocycles. The van der Waals surface area contributed by atoms with Gasteiger partial charge in [-0.05, 0) is 18.9 Å². The highest BCUT2D eigenvalue weighted by Crippen LogP contribution is 2.23. The quantitative estimate of drug-likeness (QED) is 0.764. The summed E-state index contributed by atoms with van der Waals surface area (Å²) in [5.74, 6) is 0. The van der Waals surface area contributed by atoms with Crippen LogP contribution in [0, 0.1) is 0 Å². The van der Waals surface area contributed by atoms with E-state index in [2.05, 4.69) is 11.4 Å². The Morgan fingerprint density at radius 3 is 2.44 bits per heavy atom. The zero-order valence-corrected chi connectivity index (χ0v) is 9.78. The first kappa shape index (κ1) is 11.5. The second-order valence-corrected chi connectivity index (χ2v) is 4.65. The van der Waals surface area contributed by atoms with Crippen molar-refractivity contribution in [3.05, 3.63) is 29.8 Å². The fraction of sp³-hybridized carbons (Fsp3) is 0.571. The van der Waals surface area contributed by atoms with Gasteiger partial charge in [-0.3, -0.25) is 0 Å². The van der Waals surface area contributed by atoms with Crippen molar-refractivity contribution in [2.24, 2.45) is 0 Å². The zero-order valence-electron chi connectivity index (χ0n) is 9.78. The summed E-state index contributed by atoms with van der Waals surface area (Å²) < 4.78 is 0. The van der Waals surface area contributed by atoms with Crippen LogP contribution in [0.15, 0.2) is 24.3 Å². The van der Waals surface area contributed by atoms with Crippen molar-refractivity contribution in [3.63, 3.8) is 0 Å². The van der Waals surface area contributed by atoms with E-state index in [0.29, 0.717) is 6.04 Å². The summed E-state index contributed by atoms with van der Waals surface area (Å²) >= 11 is 0. The lowest BCUT2D eigenvalue weighted by molar-refractivity contribution is 0.282. The van der Waals surface area contributed by atoms with Crippen LogP contribution >= 0.6 is 0 Å². The first-order valence-electron chi connectivity index (χ1n) is 6.35. The molecule has 88 valence electrons. The van der Waals surface area contributed by atoms with Gasteiger partial charge < -0.3 is 10.4 Å². The van der Waals surface area contributed by atoms with Crippen LogP contribution in [-0.4, -0.2) is 11.1 Å². The standard InChI is InChI=1S/C14H21NO/c16-11-12-7-5-6-10-14(12)15-13-8-3-1-2-4-9-13/h5-7,10,13,15-16H,1-4,8-9,11H2. The van der Waals surface area contributed by atoms with Crippen LogP contribution in [0.5, 0.6) is 0 Å². The van der Waals surface area contributed by atoms with E-state index in [1.165, 1.54) is 38.5 Å². The third-order valence-corrected chi connectivity index (χ3v) is 3.40. The second-order valence-electron chi connectivity index (χ2n) is 4.65. The average molecular weight is 219 g/mol. The van der Waals surface area contributed by atoms with Crippen molar-refractivity contribution in [3.8, 4) is 0 Å². The average Bonchev–Trinajstić information content (AvgIpc) is 2.58. The highest BCUT2D eigenvalue weighted by molar-refractivity contribution is 5.51. The Labute approximate surface area is 97.7 Å². The van der Waals surface area contributed by atoms with Gasteiger partial charge in [-0.25, -0.2) is 0 Å². The monoisotopic (exact) mass is 219 g/mol. The summed E-state index contributed by atoms with van der Waals surface area (Å²) in [5.41, 5.74) is 2.11. The number of nitrogens with one attached hydrogen (secondary N) is 1. The minimum atomic E-state index is 0.121. The summed E-state index contributed by atoms with van der Waals surface area (Å²) in [5, 5.41) is 12.8. The number of aliphatic hydroxyl groups is 1. The van der Waals surface area contributed by atoms with Gasteiger partial charge >= 0.3 is 0 Å². The van der Waals surface area contributed by atoms with Gasteiger partial charge in [0.15, 0.2) is 0 Å². The van der Waals surface area contributed by atoms with E-state index < -0.39 is 0 Å². The molecule has 0 amide bonds. The number of aliphatic hydroxyl groups excluding tert-OH is 1. The Hall–Kier alpha value is -1.02. The molecule has 0 aromatic heterocycles. The highest BCUT2D eigenvalue weighted by atomic mass is 16.3. The van der Waals surface area contributed by atoms with Crippen LogP contribution < -0.4 is 5.32 Å². The van der Waals surface area contributed by atoms with Crippen LogP contribution in [-0.2, 0) is 6.61 Å². The van der Waals surface area contributed by atoms with E-state index in [1.54, 1.807) is 0 Å². The lowest BCUT2D eigenvalue weighted by Gasteiger charge is -2.19. The zero-order chi connectivity index (χ0) is 11.2. The molecule has 1 aliphatic rings. The molecule has 0 heterocycles. The predicted octanol–water partition coefficient (Wildman–Crippen LogP) is 3.31. The van der Waals surface area contributed by atoms with Crippen LogP contribution in [0.4, 0.5) is 5.69 Å². The molecule has 0 aliphatic heterocycles. The van der Waals surface area contributed by atoms with Gasteiger partial charge in [-0.15, -0.1) is 0 Å². The molecule has 0 spiro atoms. The van der Waals surface area contributed by atoms with Crippen LogP contribution in [0.3, 0.4) is 0 Å². The van der Waals surface area contributed by atoms with Gasteiger partial charge in [0.25, 0.3) is 0 Å². The van der Waals surface area contributed by atoms with Crippen molar-refractivity contribution >= 4 is 5.69 Å². The van der Waals surface area contributed by atoms with Crippen LogP contribution in [0.1, 0.15) is 44.1 Å². The number of anilines is 1. The van der Waals surface area contributed by atoms with Crippen molar-refractivity contribution in [1.82, 2.24) is 0 Å². The van der Waals surface area contributed by atoms with E-state index in [0.717, 1.165) is 11.3 Å². The van der Waals surface area contributed by atoms with Gasteiger partial charge in [-0.1, -0.05) is 43.9 Å². The largest absolute Gasteiger partial charge is 0.392 e. The summed E-state index contributed by atoms with van der Waals surface area (Å²) in [4.78, 5) is 0. The molecule has 0 saturated heterocycles. The molecule has 2 heteroatoms. The molecule has 2 rings (SSSR count). The van der Waals surface area contributed by atoms with E-state index in [1.807, 2.05) is 18.2 Å². The number of hydrogen-bond donors (Lipinski definition) is 2. The third kappa shape index (κ3) is 2.99. The van der Waals surface area contributed by atoms with E-state index in [-0.39, 0.29) is 6.61 Å². The maximum Gasteiger partial charge on any atom is 0.0701 e. The van der Waals surface area contributed by atoms with E-state index in [4.69, 9.17) is 0 Å². The first-order chi connectivity index (χ1) is 7.90. The Bertz CT molecular complexity index is 316. The normalized spacial score (nSPS) is 18.1. The highest BCUT2D eigenvalue weighted by Gasteiger charge is 2.12. The molecule has 2 N–H and O–H groups in total.